The quantitative estimate of drug-likeness (QED) is 0.212. The second-order valence-electron chi connectivity index (χ2n) is 10.7. The number of furan rings is 1. The SMILES string of the molecule is CCCC1=C(C(=O)OCC)[C@@H](c2c(OC)ccc3ccccc23)n2c(s/c(=C/c3cc(Br)c(N4CCCCC4)o3)c2=O)=N1. The number of fused-ring (bicyclic) bond motifs is 2. The van der Waals surface area contributed by atoms with Gasteiger partial charge in [0.05, 0.1) is 34.0 Å². The van der Waals surface area contributed by atoms with E-state index in [4.69, 9.17) is 18.9 Å². The van der Waals surface area contributed by atoms with Gasteiger partial charge in [-0.2, -0.15) is 0 Å². The molecule has 224 valence electrons. The zero-order valence-corrected chi connectivity index (χ0v) is 26.9. The van der Waals surface area contributed by atoms with Crippen LogP contribution in [0.4, 0.5) is 5.88 Å². The summed E-state index contributed by atoms with van der Waals surface area (Å²) in [7, 11) is 1.60. The van der Waals surface area contributed by atoms with Gasteiger partial charge in [0.2, 0.25) is 5.88 Å². The number of anilines is 1. The van der Waals surface area contributed by atoms with Gasteiger partial charge >= 0.3 is 5.97 Å². The van der Waals surface area contributed by atoms with Crippen LogP contribution < -0.4 is 24.5 Å². The molecule has 2 aromatic carbocycles. The lowest BCUT2D eigenvalue weighted by Gasteiger charge is -2.28. The number of carbonyl (C=O) groups excluding carboxylic acids is 1. The highest BCUT2D eigenvalue weighted by molar-refractivity contribution is 9.10. The van der Waals surface area contributed by atoms with E-state index in [1.165, 1.54) is 17.8 Å². The third kappa shape index (κ3) is 5.47. The Labute approximate surface area is 262 Å². The number of esters is 1. The molecule has 2 aliphatic heterocycles. The highest BCUT2D eigenvalue weighted by Gasteiger charge is 2.37. The number of allylic oxidation sites excluding steroid dienone is 1. The van der Waals surface area contributed by atoms with Gasteiger partial charge in [0.15, 0.2) is 4.80 Å². The number of rotatable bonds is 8. The Bertz CT molecular complexity index is 1900. The van der Waals surface area contributed by atoms with Crippen molar-refractivity contribution in [2.24, 2.45) is 4.99 Å². The second-order valence-corrected chi connectivity index (χ2v) is 12.5. The Balaban J connectivity index is 1.59. The summed E-state index contributed by atoms with van der Waals surface area (Å²) < 4.78 is 20.7. The molecule has 2 aromatic heterocycles. The molecule has 8 nitrogen and oxygen atoms in total. The summed E-state index contributed by atoms with van der Waals surface area (Å²) in [6.07, 6.45) is 6.58. The minimum Gasteiger partial charge on any atom is -0.496 e. The van der Waals surface area contributed by atoms with Gasteiger partial charge in [-0.3, -0.25) is 9.36 Å². The zero-order chi connectivity index (χ0) is 30.1. The fourth-order valence-electron chi connectivity index (χ4n) is 6.02. The summed E-state index contributed by atoms with van der Waals surface area (Å²) in [5, 5.41) is 1.87. The van der Waals surface area contributed by atoms with Gasteiger partial charge in [-0.25, -0.2) is 9.79 Å². The van der Waals surface area contributed by atoms with Crippen LogP contribution >= 0.6 is 27.3 Å². The molecule has 0 N–H and O–H groups in total. The van der Waals surface area contributed by atoms with Crippen molar-refractivity contribution in [1.29, 1.82) is 0 Å². The van der Waals surface area contributed by atoms with Crippen LogP contribution in [0.1, 0.15) is 63.3 Å². The van der Waals surface area contributed by atoms with Crippen molar-refractivity contribution < 1.29 is 18.7 Å². The summed E-state index contributed by atoms with van der Waals surface area (Å²) in [5.74, 6) is 1.46. The number of halogens is 1. The third-order valence-electron chi connectivity index (χ3n) is 7.92. The smallest absolute Gasteiger partial charge is 0.338 e. The largest absolute Gasteiger partial charge is 0.496 e. The van der Waals surface area contributed by atoms with Crippen LogP contribution in [-0.4, -0.2) is 37.3 Å². The molecule has 6 rings (SSSR count). The first-order valence-electron chi connectivity index (χ1n) is 14.8. The fraction of sp³-hybridized carbons (Fsp3) is 0.364. The molecule has 4 aromatic rings. The van der Waals surface area contributed by atoms with Crippen molar-refractivity contribution in [3.8, 4) is 5.75 Å². The predicted octanol–water partition coefficient (Wildman–Crippen LogP) is 6.09. The first-order valence-corrected chi connectivity index (χ1v) is 16.4. The van der Waals surface area contributed by atoms with Gasteiger partial charge in [0.25, 0.3) is 5.56 Å². The summed E-state index contributed by atoms with van der Waals surface area (Å²) in [6, 6.07) is 12.9. The van der Waals surface area contributed by atoms with Gasteiger partial charge < -0.3 is 18.8 Å². The lowest BCUT2D eigenvalue weighted by atomic mass is 9.90. The van der Waals surface area contributed by atoms with Crippen LogP contribution in [-0.2, 0) is 9.53 Å². The average Bonchev–Trinajstić information content (AvgIpc) is 3.54. The Morgan fingerprint density at radius 2 is 1.95 bits per heavy atom. The number of aromatic nitrogens is 1. The highest BCUT2D eigenvalue weighted by atomic mass is 79.9. The normalized spacial score (nSPS) is 17.3. The van der Waals surface area contributed by atoms with E-state index in [1.54, 1.807) is 24.7 Å². The minimum atomic E-state index is -0.785. The number of methoxy groups -OCH3 is 1. The molecule has 0 radical (unpaired) electrons. The van der Waals surface area contributed by atoms with E-state index in [1.807, 2.05) is 49.4 Å². The van der Waals surface area contributed by atoms with E-state index < -0.39 is 12.0 Å². The van der Waals surface area contributed by atoms with Gasteiger partial charge in [-0.15, -0.1) is 0 Å². The topological polar surface area (TPSA) is 86.3 Å². The van der Waals surface area contributed by atoms with Crippen molar-refractivity contribution in [2.75, 3.05) is 31.7 Å². The van der Waals surface area contributed by atoms with Gasteiger partial charge in [0, 0.05) is 30.8 Å². The molecule has 0 spiro atoms. The van der Waals surface area contributed by atoms with Crippen molar-refractivity contribution in [1.82, 2.24) is 4.57 Å². The van der Waals surface area contributed by atoms with Crippen molar-refractivity contribution in [3.63, 3.8) is 0 Å². The average molecular weight is 665 g/mol. The zero-order valence-electron chi connectivity index (χ0n) is 24.5. The highest BCUT2D eigenvalue weighted by Crippen LogP contribution is 2.41. The van der Waals surface area contributed by atoms with E-state index in [-0.39, 0.29) is 12.2 Å². The molecule has 0 aliphatic carbocycles. The van der Waals surface area contributed by atoms with E-state index in [0.717, 1.165) is 59.0 Å². The third-order valence-corrected chi connectivity index (χ3v) is 9.47. The number of nitrogens with zero attached hydrogens (tertiary/aromatic N) is 3. The predicted molar refractivity (Wildman–Crippen MR) is 173 cm³/mol. The summed E-state index contributed by atoms with van der Waals surface area (Å²) in [5.41, 5.74) is 1.47. The monoisotopic (exact) mass is 663 g/mol. The molecule has 43 heavy (non-hydrogen) atoms. The maximum Gasteiger partial charge on any atom is 0.338 e. The number of ether oxygens (including phenoxy) is 2. The molecule has 4 heterocycles. The van der Waals surface area contributed by atoms with Crippen LogP contribution in [0.25, 0.3) is 16.8 Å². The maximum atomic E-state index is 14.3. The molecule has 0 bridgehead atoms. The number of thiazole rings is 1. The van der Waals surface area contributed by atoms with Crippen LogP contribution in [0.5, 0.6) is 5.75 Å². The molecular formula is C33H34BrN3O5S. The minimum absolute atomic E-state index is 0.207. The number of hydrogen-bond donors (Lipinski definition) is 0. The molecule has 1 atom stereocenters. The molecule has 0 saturated carbocycles. The Kier molecular flexibility index (Phi) is 8.59. The number of hydrogen-bond acceptors (Lipinski definition) is 8. The Hall–Kier alpha value is -3.63. The lowest BCUT2D eigenvalue weighted by Crippen LogP contribution is -2.40. The summed E-state index contributed by atoms with van der Waals surface area (Å²) in [6.45, 7) is 5.91. The van der Waals surface area contributed by atoms with Crippen molar-refractivity contribution >= 4 is 56.0 Å². The Morgan fingerprint density at radius 3 is 2.70 bits per heavy atom. The van der Waals surface area contributed by atoms with Gasteiger partial charge in [-0.1, -0.05) is 55.0 Å². The number of benzene rings is 2. The molecular weight excluding hydrogens is 630 g/mol. The second kappa shape index (κ2) is 12.5. The number of carbonyl (C=O) groups is 1. The molecule has 0 amide bonds. The fourth-order valence-corrected chi connectivity index (χ4v) is 7.58. The van der Waals surface area contributed by atoms with E-state index in [9.17, 15) is 9.59 Å². The number of piperidine rings is 1. The first kappa shape index (κ1) is 29.4. The van der Waals surface area contributed by atoms with E-state index >= 15 is 0 Å². The van der Waals surface area contributed by atoms with Crippen LogP contribution in [0.15, 0.2) is 72.4 Å². The van der Waals surface area contributed by atoms with Gasteiger partial charge in [-0.05, 0) is 65.4 Å². The Morgan fingerprint density at radius 1 is 1.16 bits per heavy atom. The molecule has 1 fully saturated rings. The summed E-state index contributed by atoms with van der Waals surface area (Å²) in [4.78, 5) is 35.7. The molecule has 0 unspecified atom stereocenters. The van der Waals surface area contributed by atoms with Crippen LogP contribution in [0.3, 0.4) is 0 Å². The van der Waals surface area contributed by atoms with Crippen LogP contribution in [0.2, 0.25) is 0 Å². The van der Waals surface area contributed by atoms with Gasteiger partial charge in [0.1, 0.15) is 17.6 Å². The maximum absolute atomic E-state index is 14.3. The molecule has 1 saturated heterocycles. The summed E-state index contributed by atoms with van der Waals surface area (Å²) >= 11 is 4.95. The van der Waals surface area contributed by atoms with E-state index in [2.05, 4.69) is 20.8 Å². The van der Waals surface area contributed by atoms with Crippen LogP contribution in [0, 0.1) is 0 Å². The standard InChI is InChI=1S/C33H34BrN3O5S/c1-4-11-24-28(32(39)41-5-2)29(27-22-13-8-7-12-20(22)14-15-25(27)40-3)37-30(38)26(43-33(37)35-24)19-21-18-23(34)31(42-21)36-16-9-6-10-17-36/h7-8,12-15,18-19,29H,4-6,9-11,16-17H2,1-3H3/b26-19+/t29-/m1/s1. The van der Waals surface area contributed by atoms with E-state index in [0.29, 0.717) is 38.5 Å². The molecule has 10 heteroatoms. The van der Waals surface area contributed by atoms with Crippen molar-refractivity contribution in [3.05, 3.63) is 89.2 Å². The van der Waals surface area contributed by atoms with Crippen molar-refractivity contribution in [2.45, 2.75) is 52.0 Å². The molecule has 2 aliphatic rings. The lowest BCUT2D eigenvalue weighted by molar-refractivity contribution is -0.139. The first-order chi connectivity index (χ1) is 20.9.